The molecule has 0 aliphatic rings. The van der Waals surface area contributed by atoms with Gasteiger partial charge in [0.15, 0.2) is 11.5 Å². The number of hydrogen-bond acceptors (Lipinski definition) is 4. The summed E-state index contributed by atoms with van der Waals surface area (Å²) in [6.07, 6.45) is 1.55. The molecule has 0 spiro atoms. The fourth-order valence-corrected chi connectivity index (χ4v) is 2.57. The molecular weight excluding hydrogens is 352 g/mol. The van der Waals surface area contributed by atoms with Gasteiger partial charge in [-0.25, -0.2) is 0 Å². The summed E-state index contributed by atoms with van der Waals surface area (Å²) in [7, 11) is 0. The highest BCUT2D eigenvalue weighted by atomic mass is 16.5. The Bertz CT molecular complexity index is 924. The maximum absolute atomic E-state index is 12.5. The summed E-state index contributed by atoms with van der Waals surface area (Å²) in [5.74, 6) is 0.759. The summed E-state index contributed by atoms with van der Waals surface area (Å²) >= 11 is 0. The molecule has 2 aromatic rings. The van der Waals surface area contributed by atoms with Gasteiger partial charge in [0.2, 0.25) is 0 Å². The second-order valence-electron chi connectivity index (χ2n) is 6.73. The number of carbonyl (C=O) groups excluding carboxylic acids is 1. The molecule has 0 saturated carbocycles. The molecule has 1 amide bonds. The molecule has 2 aromatic carbocycles. The molecule has 0 unspecified atom stereocenters. The van der Waals surface area contributed by atoms with Crippen LogP contribution in [0.5, 0.6) is 11.5 Å². The highest BCUT2D eigenvalue weighted by Gasteiger charge is 2.12. The lowest BCUT2D eigenvalue weighted by atomic mass is 10.1. The molecular formula is C23H26N2O3. The van der Waals surface area contributed by atoms with Crippen molar-refractivity contribution in [2.24, 2.45) is 0 Å². The van der Waals surface area contributed by atoms with Crippen molar-refractivity contribution in [3.05, 3.63) is 58.7 Å². The number of aryl methyl sites for hydroxylation is 2. The van der Waals surface area contributed by atoms with Gasteiger partial charge in [-0.3, -0.25) is 4.79 Å². The molecule has 0 heterocycles. The van der Waals surface area contributed by atoms with Crippen LogP contribution in [0.2, 0.25) is 0 Å². The first kappa shape index (κ1) is 21.0. The van der Waals surface area contributed by atoms with Crippen molar-refractivity contribution in [3.8, 4) is 17.6 Å². The molecule has 0 aliphatic carbocycles. The minimum atomic E-state index is -0.453. The van der Waals surface area contributed by atoms with Gasteiger partial charge in [-0.05, 0) is 81.7 Å². The standard InChI is InChI=1S/C23H26N2O3/c1-6-27-22-13-18(8-10-21(22)28-15(2)3)12-19(14-24)23(26)25-20-9-7-16(4)17(5)11-20/h7-13,15H,6H2,1-5H3,(H,25,26)/b19-12+. The number of carbonyl (C=O) groups is 1. The first-order valence-electron chi connectivity index (χ1n) is 9.28. The molecule has 28 heavy (non-hydrogen) atoms. The van der Waals surface area contributed by atoms with E-state index < -0.39 is 5.91 Å². The molecule has 0 fully saturated rings. The average molecular weight is 378 g/mol. The van der Waals surface area contributed by atoms with E-state index in [1.54, 1.807) is 18.2 Å². The SMILES string of the molecule is CCOc1cc(/C=C(\C#N)C(=O)Nc2ccc(C)c(C)c2)ccc1OC(C)C. The topological polar surface area (TPSA) is 71.3 Å². The Labute approximate surface area is 166 Å². The third kappa shape index (κ3) is 5.62. The molecule has 0 bridgehead atoms. The second-order valence-corrected chi connectivity index (χ2v) is 6.73. The lowest BCUT2D eigenvalue weighted by Crippen LogP contribution is -2.13. The van der Waals surface area contributed by atoms with Crippen LogP contribution < -0.4 is 14.8 Å². The van der Waals surface area contributed by atoms with Gasteiger partial charge >= 0.3 is 0 Å². The van der Waals surface area contributed by atoms with Gasteiger partial charge < -0.3 is 14.8 Å². The maximum atomic E-state index is 12.5. The fraction of sp³-hybridized carbons (Fsp3) is 0.304. The number of nitriles is 1. The number of amides is 1. The van der Waals surface area contributed by atoms with E-state index in [0.717, 1.165) is 11.1 Å². The first-order chi connectivity index (χ1) is 13.3. The van der Waals surface area contributed by atoms with Gasteiger partial charge in [0.1, 0.15) is 11.6 Å². The number of rotatable bonds is 7. The van der Waals surface area contributed by atoms with E-state index in [2.05, 4.69) is 5.32 Å². The van der Waals surface area contributed by atoms with Gasteiger partial charge in [-0.2, -0.15) is 5.26 Å². The lowest BCUT2D eigenvalue weighted by molar-refractivity contribution is -0.112. The highest BCUT2D eigenvalue weighted by molar-refractivity contribution is 6.09. The summed E-state index contributed by atoms with van der Waals surface area (Å²) in [4.78, 5) is 12.5. The quantitative estimate of drug-likeness (QED) is 0.541. The maximum Gasteiger partial charge on any atom is 0.266 e. The molecule has 146 valence electrons. The summed E-state index contributed by atoms with van der Waals surface area (Å²) in [5.41, 5.74) is 3.57. The monoisotopic (exact) mass is 378 g/mol. The number of hydrogen-bond donors (Lipinski definition) is 1. The van der Waals surface area contributed by atoms with Crippen molar-refractivity contribution >= 4 is 17.7 Å². The van der Waals surface area contributed by atoms with Crippen molar-refractivity contribution in [2.45, 2.75) is 40.7 Å². The molecule has 0 saturated heterocycles. The summed E-state index contributed by atoms with van der Waals surface area (Å²) < 4.78 is 11.4. The van der Waals surface area contributed by atoms with Crippen LogP contribution in [-0.4, -0.2) is 18.6 Å². The summed E-state index contributed by atoms with van der Waals surface area (Å²) in [6.45, 7) is 10.2. The van der Waals surface area contributed by atoms with Crippen LogP contribution >= 0.6 is 0 Å². The van der Waals surface area contributed by atoms with Crippen LogP contribution in [0.15, 0.2) is 42.0 Å². The number of ether oxygens (including phenoxy) is 2. The predicted molar refractivity (Wildman–Crippen MR) is 112 cm³/mol. The third-order valence-electron chi connectivity index (χ3n) is 4.07. The van der Waals surface area contributed by atoms with Gasteiger partial charge in [0.05, 0.1) is 12.7 Å². The number of nitrogens with one attached hydrogen (secondary N) is 1. The van der Waals surface area contributed by atoms with Gasteiger partial charge in [-0.1, -0.05) is 12.1 Å². The number of benzene rings is 2. The third-order valence-corrected chi connectivity index (χ3v) is 4.07. The molecule has 0 radical (unpaired) electrons. The van der Waals surface area contributed by atoms with Gasteiger partial charge in [0, 0.05) is 5.69 Å². The minimum Gasteiger partial charge on any atom is -0.490 e. The van der Waals surface area contributed by atoms with Crippen LogP contribution in [0.3, 0.4) is 0 Å². The Kier molecular flexibility index (Phi) is 7.22. The van der Waals surface area contributed by atoms with E-state index in [-0.39, 0.29) is 11.7 Å². The van der Waals surface area contributed by atoms with Crippen LogP contribution in [-0.2, 0) is 4.79 Å². The largest absolute Gasteiger partial charge is 0.490 e. The zero-order valence-corrected chi connectivity index (χ0v) is 17.0. The van der Waals surface area contributed by atoms with Crippen LogP contribution in [0.1, 0.15) is 37.5 Å². The Morgan fingerprint density at radius 2 is 1.89 bits per heavy atom. The molecule has 5 nitrogen and oxygen atoms in total. The van der Waals surface area contributed by atoms with Crippen molar-refractivity contribution in [1.29, 1.82) is 5.26 Å². The summed E-state index contributed by atoms with van der Waals surface area (Å²) in [5, 5.41) is 12.2. The second kappa shape index (κ2) is 9.61. The molecule has 1 N–H and O–H groups in total. The lowest BCUT2D eigenvalue weighted by Gasteiger charge is -2.15. The van der Waals surface area contributed by atoms with E-state index in [0.29, 0.717) is 29.4 Å². The van der Waals surface area contributed by atoms with E-state index in [1.165, 1.54) is 6.08 Å². The minimum absolute atomic E-state index is 0.0122. The van der Waals surface area contributed by atoms with Crippen LogP contribution in [0.25, 0.3) is 6.08 Å². The van der Waals surface area contributed by atoms with E-state index >= 15 is 0 Å². The number of nitrogens with zero attached hydrogens (tertiary/aromatic N) is 1. The van der Waals surface area contributed by atoms with Gasteiger partial charge in [-0.15, -0.1) is 0 Å². The Morgan fingerprint density at radius 1 is 1.14 bits per heavy atom. The molecule has 0 aromatic heterocycles. The van der Waals surface area contributed by atoms with E-state index in [9.17, 15) is 10.1 Å². The van der Waals surface area contributed by atoms with E-state index in [1.807, 2.05) is 58.9 Å². The normalized spacial score (nSPS) is 11.1. The van der Waals surface area contributed by atoms with Crippen molar-refractivity contribution in [1.82, 2.24) is 0 Å². The molecule has 5 heteroatoms. The molecule has 0 atom stereocenters. The number of anilines is 1. The fourth-order valence-electron chi connectivity index (χ4n) is 2.57. The predicted octanol–water partition coefficient (Wildman–Crippen LogP) is 5.04. The smallest absolute Gasteiger partial charge is 0.266 e. The zero-order chi connectivity index (χ0) is 20.7. The van der Waals surface area contributed by atoms with Crippen LogP contribution in [0, 0.1) is 25.2 Å². The first-order valence-corrected chi connectivity index (χ1v) is 9.28. The van der Waals surface area contributed by atoms with E-state index in [4.69, 9.17) is 9.47 Å². The Hall–Kier alpha value is -3.26. The van der Waals surface area contributed by atoms with Crippen molar-refractivity contribution in [3.63, 3.8) is 0 Å². The van der Waals surface area contributed by atoms with Crippen molar-refractivity contribution in [2.75, 3.05) is 11.9 Å². The Morgan fingerprint density at radius 3 is 2.50 bits per heavy atom. The molecule has 2 rings (SSSR count). The van der Waals surface area contributed by atoms with Gasteiger partial charge in [0.25, 0.3) is 5.91 Å². The molecule has 0 aliphatic heterocycles. The van der Waals surface area contributed by atoms with Crippen molar-refractivity contribution < 1.29 is 14.3 Å². The van der Waals surface area contributed by atoms with Crippen LogP contribution in [0.4, 0.5) is 5.69 Å². The average Bonchev–Trinajstić information content (AvgIpc) is 2.64. The highest BCUT2D eigenvalue weighted by Crippen LogP contribution is 2.30. The summed E-state index contributed by atoms with van der Waals surface area (Å²) in [6, 6.07) is 13.0. The Balaban J connectivity index is 2.27. The zero-order valence-electron chi connectivity index (χ0n) is 17.0.